The van der Waals surface area contributed by atoms with E-state index in [1.165, 1.54) is 6.07 Å². The molecular weight excluding hydrogens is 220 g/mol. The highest BCUT2D eigenvalue weighted by atomic mass is 16.6. The summed E-state index contributed by atoms with van der Waals surface area (Å²) in [5, 5.41) is 20.8. The molecule has 0 bridgehead atoms. The van der Waals surface area contributed by atoms with Gasteiger partial charge in [0, 0.05) is 5.39 Å². The van der Waals surface area contributed by atoms with Crippen LogP contribution in [0.15, 0.2) is 30.3 Å². The van der Waals surface area contributed by atoms with Crippen LogP contribution in [0, 0.1) is 0 Å². The van der Waals surface area contributed by atoms with Crippen molar-refractivity contribution in [3.63, 3.8) is 0 Å². The van der Waals surface area contributed by atoms with Crippen LogP contribution >= 0.6 is 0 Å². The molecule has 0 radical (unpaired) electrons. The van der Waals surface area contributed by atoms with Crippen LogP contribution in [0.2, 0.25) is 0 Å². The maximum absolute atomic E-state index is 10.0. The molecule has 4 heteroatoms. The Morgan fingerprint density at radius 3 is 2.82 bits per heavy atom. The van der Waals surface area contributed by atoms with Gasteiger partial charge in [-0.15, -0.1) is 0 Å². The number of hydrogen-bond acceptors (Lipinski definition) is 4. The third-order valence-corrected chi connectivity index (χ3v) is 2.77. The van der Waals surface area contributed by atoms with Crippen LogP contribution in [-0.2, 0) is 4.74 Å². The van der Waals surface area contributed by atoms with Crippen molar-refractivity contribution in [3.8, 4) is 17.2 Å². The molecule has 2 aromatic carbocycles. The average molecular weight is 232 g/mol. The molecule has 1 aliphatic rings. The van der Waals surface area contributed by atoms with Crippen LogP contribution in [0.5, 0.6) is 17.2 Å². The maximum Gasteiger partial charge on any atom is 0.165 e. The second kappa shape index (κ2) is 3.82. The Morgan fingerprint density at radius 1 is 1.24 bits per heavy atom. The van der Waals surface area contributed by atoms with Gasteiger partial charge in [0.15, 0.2) is 11.5 Å². The second-order valence-corrected chi connectivity index (χ2v) is 4.08. The molecule has 0 aromatic heterocycles. The van der Waals surface area contributed by atoms with E-state index < -0.39 is 0 Å². The van der Waals surface area contributed by atoms with Gasteiger partial charge in [-0.1, -0.05) is 6.07 Å². The quantitative estimate of drug-likeness (QED) is 0.795. The van der Waals surface area contributed by atoms with Crippen LogP contribution < -0.4 is 4.74 Å². The Balaban J connectivity index is 1.96. The summed E-state index contributed by atoms with van der Waals surface area (Å²) in [5.41, 5.74) is 0. The van der Waals surface area contributed by atoms with Gasteiger partial charge in [-0.2, -0.15) is 0 Å². The van der Waals surface area contributed by atoms with Crippen molar-refractivity contribution in [2.75, 3.05) is 13.2 Å². The predicted molar refractivity (Wildman–Crippen MR) is 62.5 cm³/mol. The normalized spacial score (nSPS) is 18.2. The summed E-state index contributed by atoms with van der Waals surface area (Å²) in [6.45, 7) is 1.18. The zero-order valence-electron chi connectivity index (χ0n) is 9.09. The van der Waals surface area contributed by atoms with Crippen molar-refractivity contribution in [1.82, 2.24) is 0 Å². The highest BCUT2D eigenvalue weighted by Gasteiger charge is 2.23. The topological polar surface area (TPSA) is 62.2 Å². The maximum atomic E-state index is 10.0. The molecule has 1 fully saturated rings. The molecule has 1 heterocycles. The Bertz CT molecular complexity index is 561. The molecule has 1 unspecified atom stereocenters. The van der Waals surface area contributed by atoms with Crippen molar-refractivity contribution in [2.45, 2.75) is 6.10 Å². The number of rotatable bonds is 3. The van der Waals surface area contributed by atoms with Gasteiger partial charge in [0.25, 0.3) is 0 Å². The Labute approximate surface area is 98.0 Å². The fourth-order valence-corrected chi connectivity index (χ4v) is 1.74. The first-order chi connectivity index (χ1) is 8.24. The van der Waals surface area contributed by atoms with Gasteiger partial charge in [-0.25, -0.2) is 0 Å². The summed E-state index contributed by atoms with van der Waals surface area (Å²) in [6, 6.07) is 8.30. The van der Waals surface area contributed by atoms with Crippen LogP contribution in [-0.4, -0.2) is 29.5 Å². The molecule has 1 aliphatic heterocycles. The van der Waals surface area contributed by atoms with E-state index in [0.717, 1.165) is 12.0 Å². The van der Waals surface area contributed by atoms with Gasteiger partial charge in [-0.05, 0) is 29.7 Å². The summed E-state index contributed by atoms with van der Waals surface area (Å²) in [7, 11) is 0. The van der Waals surface area contributed by atoms with Crippen molar-refractivity contribution >= 4 is 10.8 Å². The Kier molecular flexibility index (Phi) is 2.30. The minimum absolute atomic E-state index is 0.100. The number of ether oxygens (including phenoxy) is 2. The number of benzene rings is 2. The van der Waals surface area contributed by atoms with Crippen LogP contribution in [0.1, 0.15) is 0 Å². The van der Waals surface area contributed by atoms with E-state index in [-0.39, 0.29) is 17.6 Å². The van der Waals surface area contributed by atoms with E-state index in [1.807, 2.05) is 0 Å². The molecule has 88 valence electrons. The van der Waals surface area contributed by atoms with Crippen molar-refractivity contribution in [1.29, 1.82) is 0 Å². The number of phenols is 2. The highest BCUT2D eigenvalue weighted by Crippen LogP contribution is 2.36. The minimum Gasteiger partial charge on any atom is -0.508 e. The molecule has 2 aromatic rings. The predicted octanol–water partition coefficient (Wildman–Crippen LogP) is 2.03. The molecule has 0 aliphatic carbocycles. The number of hydrogen-bond donors (Lipinski definition) is 2. The fourth-order valence-electron chi connectivity index (χ4n) is 1.74. The molecule has 0 saturated carbocycles. The number of aromatic hydroxyl groups is 2. The molecule has 0 amide bonds. The van der Waals surface area contributed by atoms with Crippen LogP contribution in [0.25, 0.3) is 10.8 Å². The summed E-state index contributed by atoms with van der Waals surface area (Å²) in [6.07, 6.45) is 0.157. The molecule has 3 rings (SSSR count). The van der Waals surface area contributed by atoms with Gasteiger partial charge < -0.3 is 19.7 Å². The van der Waals surface area contributed by atoms with E-state index in [2.05, 4.69) is 0 Å². The monoisotopic (exact) mass is 232 g/mol. The lowest BCUT2D eigenvalue weighted by molar-refractivity contribution is 0.254. The lowest BCUT2D eigenvalue weighted by Gasteiger charge is -2.09. The second-order valence-electron chi connectivity index (χ2n) is 4.08. The average Bonchev–Trinajstić information content (AvgIpc) is 3.12. The van der Waals surface area contributed by atoms with Gasteiger partial charge in [0.1, 0.15) is 18.5 Å². The first-order valence-electron chi connectivity index (χ1n) is 5.43. The molecule has 4 nitrogen and oxygen atoms in total. The number of phenolic OH excluding ortho intramolecular Hbond substituents is 2. The Hall–Kier alpha value is -1.94. The van der Waals surface area contributed by atoms with Gasteiger partial charge in [0.2, 0.25) is 0 Å². The van der Waals surface area contributed by atoms with E-state index in [1.54, 1.807) is 24.3 Å². The van der Waals surface area contributed by atoms with Gasteiger partial charge >= 0.3 is 0 Å². The van der Waals surface area contributed by atoms with Gasteiger partial charge in [-0.3, -0.25) is 0 Å². The third kappa shape index (κ3) is 1.99. The summed E-state index contributed by atoms with van der Waals surface area (Å²) in [5.74, 6) is 0.721. The van der Waals surface area contributed by atoms with Crippen molar-refractivity contribution in [2.24, 2.45) is 0 Å². The molecule has 1 saturated heterocycles. The highest BCUT2D eigenvalue weighted by molar-refractivity contribution is 5.91. The molecule has 2 N–H and O–H groups in total. The Morgan fingerprint density at radius 2 is 2.06 bits per heavy atom. The fraction of sp³-hybridized carbons (Fsp3) is 0.231. The SMILES string of the molecule is Oc1ccc2c(O)c(OCC3CO3)ccc2c1. The molecule has 17 heavy (non-hydrogen) atoms. The van der Waals surface area contributed by atoms with E-state index in [0.29, 0.717) is 17.7 Å². The number of fused-ring (bicyclic) bond motifs is 1. The molecule has 0 spiro atoms. The van der Waals surface area contributed by atoms with E-state index in [9.17, 15) is 10.2 Å². The number of epoxide rings is 1. The molecular formula is C13H12O4. The van der Waals surface area contributed by atoms with E-state index >= 15 is 0 Å². The summed E-state index contributed by atoms with van der Waals surface area (Å²) < 4.78 is 10.5. The van der Waals surface area contributed by atoms with Crippen molar-refractivity contribution < 1.29 is 19.7 Å². The zero-order valence-corrected chi connectivity index (χ0v) is 9.09. The summed E-state index contributed by atoms with van der Waals surface area (Å²) in [4.78, 5) is 0. The van der Waals surface area contributed by atoms with Crippen LogP contribution in [0.3, 0.4) is 0 Å². The van der Waals surface area contributed by atoms with Crippen molar-refractivity contribution in [3.05, 3.63) is 30.3 Å². The summed E-state index contributed by atoms with van der Waals surface area (Å²) >= 11 is 0. The minimum atomic E-state index is 0.100. The first kappa shape index (κ1) is 10.2. The lowest BCUT2D eigenvalue weighted by atomic mass is 10.1. The lowest BCUT2D eigenvalue weighted by Crippen LogP contribution is -2.04. The third-order valence-electron chi connectivity index (χ3n) is 2.77. The van der Waals surface area contributed by atoms with E-state index in [4.69, 9.17) is 9.47 Å². The zero-order chi connectivity index (χ0) is 11.8. The largest absolute Gasteiger partial charge is 0.508 e. The standard InChI is InChI=1S/C13H12O4/c14-9-2-3-11-8(5-9)1-4-12(13(11)15)17-7-10-6-16-10/h1-5,10,14-15H,6-7H2. The van der Waals surface area contributed by atoms with Gasteiger partial charge in [0.05, 0.1) is 6.61 Å². The smallest absolute Gasteiger partial charge is 0.165 e. The van der Waals surface area contributed by atoms with Crippen LogP contribution in [0.4, 0.5) is 0 Å². The first-order valence-corrected chi connectivity index (χ1v) is 5.43. The molecule has 1 atom stereocenters.